The molecule has 0 saturated heterocycles. The van der Waals surface area contributed by atoms with E-state index < -0.39 is 0 Å². The summed E-state index contributed by atoms with van der Waals surface area (Å²) in [5, 5.41) is 3.47. The highest BCUT2D eigenvalue weighted by atomic mass is 35.5. The van der Waals surface area contributed by atoms with Crippen molar-refractivity contribution in [2.45, 2.75) is 52.1 Å². The fraction of sp³-hybridized carbons (Fsp3) is 0.562. The van der Waals surface area contributed by atoms with Gasteiger partial charge in [0.15, 0.2) is 6.61 Å². The third kappa shape index (κ3) is 6.36. The van der Waals surface area contributed by atoms with Crippen molar-refractivity contribution in [1.29, 1.82) is 0 Å². The van der Waals surface area contributed by atoms with E-state index in [4.69, 9.17) is 22.1 Å². The van der Waals surface area contributed by atoms with Gasteiger partial charge in [-0.25, -0.2) is 0 Å². The molecule has 0 aliphatic heterocycles. The molecule has 118 valence electrons. The number of nitrogens with one attached hydrogen (secondary N) is 1. The van der Waals surface area contributed by atoms with Crippen LogP contribution < -0.4 is 15.8 Å². The Morgan fingerprint density at radius 3 is 2.67 bits per heavy atom. The lowest BCUT2D eigenvalue weighted by Crippen LogP contribution is -2.43. The predicted octanol–water partition coefficient (Wildman–Crippen LogP) is 2.91. The van der Waals surface area contributed by atoms with Gasteiger partial charge in [-0.1, -0.05) is 24.6 Å². The molecular weight excluding hydrogens is 288 g/mol. The van der Waals surface area contributed by atoms with Crippen molar-refractivity contribution in [3.05, 3.63) is 28.8 Å². The largest absolute Gasteiger partial charge is 0.483 e. The van der Waals surface area contributed by atoms with E-state index in [1.165, 1.54) is 0 Å². The van der Waals surface area contributed by atoms with Crippen molar-refractivity contribution in [2.24, 2.45) is 5.73 Å². The number of carbonyl (C=O) groups is 1. The fourth-order valence-corrected chi connectivity index (χ4v) is 2.12. The summed E-state index contributed by atoms with van der Waals surface area (Å²) in [7, 11) is 0. The van der Waals surface area contributed by atoms with Gasteiger partial charge in [0.1, 0.15) is 5.75 Å². The van der Waals surface area contributed by atoms with Crippen LogP contribution in [0, 0.1) is 0 Å². The summed E-state index contributed by atoms with van der Waals surface area (Å²) in [6, 6.07) is 5.45. The Labute approximate surface area is 132 Å². The smallest absolute Gasteiger partial charge is 0.258 e. The third-order valence-electron chi connectivity index (χ3n) is 2.94. The molecule has 0 spiro atoms. The third-order valence-corrected chi connectivity index (χ3v) is 3.29. The molecule has 0 saturated carbocycles. The van der Waals surface area contributed by atoms with Crippen LogP contribution in [0.4, 0.5) is 0 Å². The highest BCUT2D eigenvalue weighted by molar-refractivity contribution is 6.31. The van der Waals surface area contributed by atoms with Gasteiger partial charge in [0.25, 0.3) is 5.91 Å². The van der Waals surface area contributed by atoms with Crippen LogP contribution in [-0.2, 0) is 11.2 Å². The van der Waals surface area contributed by atoms with Crippen molar-refractivity contribution in [1.82, 2.24) is 5.32 Å². The van der Waals surface area contributed by atoms with E-state index in [1.54, 1.807) is 12.1 Å². The molecular formula is C16H25ClN2O2. The molecule has 21 heavy (non-hydrogen) atoms. The fourth-order valence-electron chi connectivity index (χ4n) is 1.88. The molecule has 1 unspecified atom stereocenters. The first-order chi connectivity index (χ1) is 9.73. The van der Waals surface area contributed by atoms with E-state index in [-0.39, 0.29) is 24.1 Å². The van der Waals surface area contributed by atoms with Crippen LogP contribution in [0.1, 0.15) is 39.7 Å². The van der Waals surface area contributed by atoms with E-state index in [0.717, 1.165) is 12.0 Å². The van der Waals surface area contributed by atoms with Gasteiger partial charge in [0, 0.05) is 22.2 Å². The molecule has 1 aromatic carbocycles. The maximum absolute atomic E-state index is 11.8. The first-order valence-corrected chi connectivity index (χ1v) is 7.57. The highest BCUT2D eigenvalue weighted by Crippen LogP contribution is 2.28. The molecule has 0 heterocycles. The van der Waals surface area contributed by atoms with Gasteiger partial charge >= 0.3 is 0 Å². The molecule has 1 rings (SSSR count). The topological polar surface area (TPSA) is 64.3 Å². The molecule has 5 heteroatoms. The maximum Gasteiger partial charge on any atom is 0.258 e. The Hall–Kier alpha value is -1.26. The summed E-state index contributed by atoms with van der Waals surface area (Å²) >= 11 is 6.22. The lowest BCUT2D eigenvalue weighted by atomic mass is 10.0. The standard InChI is InChI=1S/C16H25ClN2O2/c1-5-11(18)9-12-13(17)7-6-8-14(12)21-10-15(20)19-16(2,3)4/h6-8,11H,5,9-10,18H2,1-4H3,(H,19,20). The Balaban J connectivity index is 2.75. The molecule has 1 atom stereocenters. The van der Waals surface area contributed by atoms with E-state index in [2.05, 4.69) is 5.32 Å². The van der Waals surface area contributed by atoms with Crippen molar-refractivity contribution < 1.29 is 9.53 Å². The monoisotopic (exact) mass is 312 g/mol. The van der Waals surface area contributed by atoms with E-state index in [9.17, 15) is 4.79 Å². The Bertz CT molecular complexity index is 484. The molecule has 0 fully saturated rings. The van der Waals surface area contributed by atoms with Crippen molar-refractivity contribution in [3.8, 4) is 5.75 Å². The number of hydrogen-bond acceptors (Lipinski definition) is 3. The van der Waals surface area contributed by atoms with E-state index >= 15 is 0 Å². The Morgan fingerprint density at radius 2 is 2.10 bits per heavy atom. The number of hydrogen-bond donors (Lipinski definition) is 2. The lowest BCUT2D eigenvalue weighted by Gasteiger charge is -2.21. The van der Waals surface area contributed by atoms with Crippen LogP contribution in [0.5, 0.6) is 5.75 Å². The quantitative estimate of drug-likeness (QED) is 0.849. The SMILES string of the molecule is CCC(N)Cc1c(Cl)cccc1OCC(=O)NC(C)(C)C. The minimum Gasteiger partial charge on any atom is -0.483 e. The van der Waals surface area contributed by atoms with Crippen LogP contribution in [0.3, 0.4) is 0 Å². The predicted molar refractivity (Wildman–Crippen MR) is 86.8 cm³/mol. The first kappa shape index (κ1) is 17.8. The molecule has 4 nitrogen and oxygen atoms in total. The Morgan fingerprint density at radius 1 is 1.43 bits per heavy atom. The van der Waals surface area contributed by atoms with Gasteiger partial charge in [-0.2, -0.15) is 0 Å². The van der Waals surface area contributed by atoms with Crippen LogP contribution >= 0.6 is 11.6 Å². The normalized spacial score (nSPS) is 12.9. The molecule has 1 amide bonds. The molecule has 3 N–H and O–H groups in total. The summed E-state index contributed by atoms with van der Waals surface area (Å²) in [6.07, 6.45) is 1.49. The molecule has 0 aliphatic rings. The van der Waals surface area contributed by atoms with Crippen molar-refractivity contribution in [3.63, 3.8) is 0 Å². The molecule has 0 aliphatic carbocycles. The highest BCUT2D eigenvalue weighted by Gasteiger charge is 2.16. The van der Waals surface area contributed by atoms with Crippen LogP contribution in [0.2, 0.25) is 5.02 Å². The summed E-state index contributed by atoms with van der Waals surface area (Å²) in [5.41, 5.74) is 6.57. The van der Waals surface area contributed by atoms with Gasteiger partial charge in [-0.15, -0.1) is 0 Å². The van der Waals surface area contributed by atoms with E-state index in [0.29, 0.717) is 17.2 Å². The number of benzene rings is 1. The lowest BCUT2D eigenvalue weighted by molar-refractivity contribution is -0.124. The van der Waals surface area contributed by atoms with Crippen LogP contribution in [0.25, 0.3) is 0 Å². The van der Waals surface area contributed by atoms with Gasteiger partial charge in [0.05, 0.1) is 0 Å². The van der Waals surface area contributed by atoms with Crippen molar-refractivity contribution in [2.75, 3.05) is 6.61 Å². The second-order valence-electron chi connectivity index (χ2n) is 6.18. The molecule has 0 bridgehead atoms. The van der Waals surface area contributed by atoms with Gasteiger partial charge in [-0.3, -0.25) is 4.79 Å². The number of amides is 1. The number of nitrogens with two attached hydrogens (primary N) is 1. The Kier molecular flexibility index (Phi) is 6.49. The van der Waals surface area contributed by atoms with Gasteiger partial charge in [-0.05, 0) is 45.7 Å². The number of rotatable bonds is 6. The average Bonchev–Trinajstić information content (AvgIpc) is 2.37. The van der Waals surface area contributed by atoms with Crippen molar-refractivity contribution >= 4 is 17.5 Å². The minimum absolute atomic E-state index is 0.0238. The zero-order valence-electron chi connectivity index (χ0n) is 13.2. The second kappa shape index (κ2) is 7.66. The van der Waals surface area contributed by atoms with Gasteiger partial charge < -0.3 is 15.8 Å². The molecule has 0 aromatic heterocycles. The molecule has 1 aromatic rings. The number of ether oxygens (including phenoxy) is 1. The first-order valence-electron chi connectivity index (χ1n) is 7.19. The zero-order chi connectivity index (χ0) is 16.0. The average molecular weight is 313 g/mol. The van der Waals surface area contributed by atoms with Crippen LogP contribution in [-0.4, -0.2) is 24.1 Å². The zero-order valence-corrected chi connectivity index (χ0v) is 14.0. The summed E-state index contributed by atoms with van der Waals surface area (Å²) < 4.78 is 5.62. The summed E-state index contributed by atoms with van der Waals surface area (Å²) in [6.45, 7) is 7.77. The minimum atomic E-state index is -0.276. The molecule has 0 radical (unpaired) electrons. The summed E-state index contributed by atoms with van der Waals surface area (Å²) in [5.74, 6) is 0.462. The summed E-state index contributed by atoms with van der Waals surface area (Å²) in [4.78, 5) is 11.8. The maximum atomic E-state index is 11.8. The van der Waals surface area contributed by atoms with Crippen LogP contribution in [0.15, 0.2) is 18.2 Å². The van der Waals surface area contributed by atoms with Gasteiger partial charge in [0.2, 0.25) is 0 Å². The number of carbonyl (C=O) groups excluding carboxylic acids is 1. The van der Waals surface area contributed by atoms with E-state index in [1.807, 2.05) is 33.8 Å². The second-order valence-corrected chi connectivity index (χ2v) is 6.58. The number of halogens is 1.